The first kappa shape index (κ1) is 16.7. The lowest BCUT2D eigenvalue weighted by atomic mass is 10.2. The quantitative estimate of drug-likeness (QED) is 0.809. The summed E-state index contributed by atoms with van der Waals surface area (Å²) < 4.78 is 67.2. The lowest BCUT2D eigenvalue weighted by Crippen LogP contribution is -2.19. The highest BCUT2D eigenvalue weighted by Gasteiger charge is 2.27. The Hall–Kier alpha value is -1.32. The summed E-state index contributed by atoms with van der Waals surface area (Å²) in [6.07, 6.45) is -4.37. The minimum absolute atomic E-state index is 0.0295. The fourth-order valence-corrected chi connectivity index (χ4v) is 2.20. The van der Waals surface area contributed by atoms with Crippen LogP contribution in [0.2, 0.25) is 0 Å². The summed E-state index contributed by atoms with van der Waals surface area (Å²) in [7, 11) is -3.80. The fraction of sp³-hybridized carbons (Fsp3) is 0.455. The molecule has 0 aliphatic heterocycles. The number of alkyl halides is 3. The van der Waals surface area contributed by atoms with Crippen LogP contribution < -0.4 is 9.88 Å². The van der Waals surface area contributed by atoms with Crippen LogP contribution in [0.1, 0.15) is 5.56 Å². The van der Waals surface area contributed by atoms with E-state index in [4.69, 9.17) is 9.88 Å². The van der Waals surface area contributed by atoms with Gasteiger partial charge in [0, 0.05) is 0 Å². The molecule has 0 atom stereocenters. The predicted molar refractivity (Wildman–Crippen MR) is 64.9 cm³/mol. The van der Waals surface area contributed by atoms with Gasteiger partial charge in [-0.3, -0.25) is 0 Å². The summed E-state index contributed by atoms with van der Waals surface area (Å²) in [4.78, 5) is -0.0295. The van der Waals surface area contributed by atoms with Crippen molar-refractivity contribution in [3.63, 3.8) is 0 Å². The second-order valence-corrected chi connectivity index (χ2v) is 5.52. The standard InChI is InChI=1S/C11H14F3NO4S/c1-8-6-9(2-3-10(8)20(15,16)17)19-5-4-18-7-11(12,13)14/h2-3,6H,4-5,7H2,1H3,(H2,15,16,17). The molecular weight excluding hydrogens is 299 g/mol. The first-order chi connectivity index (χ1) is 9.09. The Labute approximate surface area is 114 Å². The first-order valence-electron chi connectivity index (χ1n) is 5.50. The van der Waals surface area contributed by atoms with Crippen molar-refractivity contribution >= 4 is 10.0 Å². The van der Waals surface area contributed by atoms with Gasteiger partial charge in [-0.25, -0.2) is 13.6 Å². The average Bonchev–Trinajstić information content (AvgIpc) is 2.25. The molecule has 114 valence electrons. The smallest absolute Gasteiger partial charge is 0.411 e. The van der Waals surface area contributed by atoms with Gasteiger partial charge in [0.2, 0.25) is 10.0 Å². The summed E-state index contributed by atoms with van der Waals surface area (Å²) in [5.41, 5.74) is 0.390. The molecule has 0 aliphatic carbocycles. The van der Waals surface area contributed by atoms with E-state index in [2.05, 4.69) is 4.74 Å². The third kappa shape index (κ3) is 5.76. The van der Waals surface area contributed by atoms with Crippen LogP contribution in [0.5, 0.6) is 5.75 Å². The minimum Gasteiger partial charge on any atom is -0.491 e. The molecule has 1 rings (SSSR count). The molecule has 0 aliphatic rings. The third-order valence-electron chi connectivity index (χ3n) is 2.22. The Morgan fingerprint density at radius 2 is 1.90 bits per heavy atom. The maximum absolute atomic E-state index is 11.8. The van der Waals surface area contributed by atoms with Gasteiger partial charge in [-0.05, 0) is 30.7 Å². The molecule has 2 N–H and O–H groups in total. The molecule has 5 nitrogen and oxygen atoms in total. The molecule has 0 radical (unpaired) electrons. The van der Waals surface area contributed by atoms with E-state index in [9.17, 15) is 21.6 Å². The minimum atomic E-state index is -4.37. The maximum atomic E-state index is 11.8. The summed E-state index contributed by atoms with van der Waals surface area (Å²) in [5, 5.41) is 4.99. The molecule has 0 spiro atoms. The van der Waals surface area contributed by atoms with Gasteiger partial charge in [0.15, 0.2) is 0 Å². The number of ether oxygens (including phenoxy) is 2. The molecule has 0 aromatic heterocycles. The predicted octanol–water partition coefficient (Wildman–Crippen LogP) is 1.60. The largest absolute Gasteiger partial charge is 0.491 e. The third-order valence-corrected chi connectivity index (χ3v) is 3.29. The lowest BCUT2D eigenvalue weighted by Gasteiger charge is -2.10. The number of benzene rings is 1. The van der Waals surface area contributed by atoms with E-state index in [0.29, 0.717) is 11.3 Å². The van der Waals surface area contributed by atoms with E-state index in [1.54, 1.807) is 0 Å². The van der Waals surface area contributed by atoms with E-state index >= 15 is 0 Å². The van der Waals surface area contributed by atoms with Gasteiger partial charge in [0.05, 0.1) is 11.5 Å². The highest BCUT2D eigenvalue weighted by molar-refractivity contribution is 7.89. The number of primary sulfonamides is 1. The van der Waals surface area contributed by atoms with Gasteiger partial charge in [-0.2, -0.15) is 13.2 Å². The molecule has 0 saturated heterocycles. The van der Waals surface area contributed by atoms with E-state index in [-0.39, 0.29) is 18.1 Å². The summed E-state index contributed by atoms with van der Waals surface area (Å²) >= 11 is 0. The van der Waals surface area contributed by atoms with Gasteiger partial charge in [-0.15, -0.1) is 0 Å². The summed E-state index contributed by atoms with van der Waals surface area (Å²) in [6.45, 7) is -0.105. The number of rotatable bonds is 6. The molecule has 1 aromatic rings. The van der Waals surface area contributed by atoms with Crippen molar-refractivity contribution in [3.8, 4) is 5.75 Å². The van der Waals surface area contributed by atoms with Crippen molar-refractivity contribution in [2.24, 2.45) is 5.14 Å². The topological polar surface area (TPSA) is 78.6 Å². The Bertz CT molecular complexity index is 557. The highest BCUT2D eigenvalue weighted by atomic mass is 32.2. The second-order valence-electron chi connectivity index (χ2n) is 3.99. The van der Waals surface area contributed by atoms with Crippen LogP contribution in [-0.2, 0) is 14.8 Å². The molecule has 0 saturated carbocycles. The number of hydrogen-bond donors (Lipinski definition) is 1. The van der Waals surface area contributed by atoms with Crippen molar-refractivity contribution in [1.82, 2.24) is 0 Å². The lowest BCUT2D eigenvalue weighted by molar-refractivity contribution is -0.175. The number of hydrogen-bond acceptors (Lipinski definition) is 4. The Morgan fingerprint density at radius 3 is 2.40 bits per heavy atom. The van der Waals surface area contributed by atoms with E-state index < -0.39 is 22.8 Å². The average molecular weight is 313 g/mol. The van der Waals surface area contributed by atoms with Gasteiger partial charge in [0.25, 0.3) is 0 Å². The SMILES string of the molecule is Cc1cc(OCCOCC(F)(F)F)ccc1S(N)(=O)=O. The number of aryl methyl sites for hydroxylation is 1. The molecule has 0 fully saturated rings. The fourth-order valence-electron chi connectivity index (χ4n) is 1.44. The molecule has 9 heteroatoms. The molecule has 0 heterocycles. The van der Waals surface area contributed by atoms with Gasteiger partial charge < -0.3 is 9.47 Å². The zero-order chi connectivity index (χ0) is 15.4. The van der Waals surface area contributed by atoms with Crippen molar-refractivity contribution < 1.29 is 31.1 Å². The highest BCUT2D eigenvalue weighted by Crippen LogP contribution is 2.20. The van der Waals surface area contributed by atoms with Crippen molar-refractivity contribution in [2.45, 2.75) is 18.0 Å². The van der Waals surface area contributed by atoms with Crippen LogP contribution in [0.15, 0.2) is 23.1 Å². The first-order valence-corrected chi connectivity index (χ1v) is 7.05. The van der Waals surface area contributed by atoms with Crippen LogP contribution in [0.4, 0.5) is 13.2 Å². The van der Waals surface area contributed by atoms with Crippen LogP contribution in [-0.4, -0.2) is 34.4 Å². The maximum Gasteiger partial charge on any atom is 0.411 e. The zero-order valence-electron chi connectivity index (χ0n) is 10.6. The Kier molecular flexibility index (Phi) is 5.37. The number of sulfonamides is 1. The van der Waals surface area contributed by atoms with Crippen molar-refractivity contribution in [1.29, 1.82) is 0 Å². The second kappa shape index (κ2) is 6.42. The molecule has 20 heavy (non-hydrogen) atoms. The van der Waals surface area contributed by atoms with Gasteiger partial charge >= 0.3 is 6.18 Å². The van der Waals surface area contributed by atoms with Crippen molar-refractivity contribution in [3.05, 3.63) is 23.8 Å². The molecule has 0 bridgehead atoms. The Morgan fingerprint density at radius 1 is 1.25 bits per heavy atom. The molecule has 0 amide bonds. The van der Waals surface area contributed by atoms with E-state index in [1.807, 2.05) is 0 Å². The van der Waals surface area contributed by atoms with Crippen LogP contribution in [0.3, 0.4) is 0 Å². The summed E-state index contributed by atoms with van der Waals surface area (Å²) in [5.74, 6) is 0.325. The molecule has 0 unspecified atom stereocenters. The van der Waals surface area contributed by atoms with E-state index in [1.165, 1.54) is 25.1 Å². The van der Waals surface area contributed by atoms with Crippen LogP contribution in [0, 0.1) is 6.92 Å². The number of halogens is 3. The molecule has 1 aromatic carbocycles. The van der Waals surface area contributed by atoms with E-state index in [0.717, 1.165) is 0 Å². The molecular formula is C11H14F3NO4S. The van der Waals surface area contributed by atoms with Crippen LogP contribution >= 0.6 is 0 Å². The van der Waals surface area contributed by atoms with Crippen molar-refractivity contribution in [2.75, 3.05) is 19.8 Å². The van der Waals surface area contributed by atoms with Gasteiger partial charge in [-0.1, -0.05) is 0 Å². The zero-order valence-corrected chi connectivity index (χ0v) is 11.4. The number of nitrogens with two attached hydrogens (primary N) is 1. The van der Waals surface area contributed by atoms with Crippen LogP contribution in [0.25, 0.3) is 0 Å². The van der Waals surface area contributed by atoms with Gasteiger partial charge in [0.1, 0.15) is 19.0 Å². The normalized spacial score (nSPS) is 12.4. The monoisotopic (exact) mass is 313 g/mol. The Balaban J connectivity index is 2.49. The summed E-state index contributed by atoms with van der Waals surface area (Å²) in [6, 6.07) is 4.08.